The van der Waals surface area contributed by atoms with Crippen LogP contribution in [0, 0.1) is 0 Å². The number of ether oxygens (including phenoxy) is 2. The van der Waals surface area contributed by atoms with E-state index in [1.165, 1.54) is 36.4 Å². The van der Waals surface area contributed by atoms with Crippen LogP contribution >= 0.6 is 0 Å². The summed E-state index contributed by atoms with van der Waals surface area (Å²) in [6.45, 7) is -0.299. The lowest BCUT2D eigenvalue weighted by atomic mass is 10.2. The van der Waals surface area contributed by atoms with Gasteiger partial charge in [0.15, 0.2) is 0 Å². The molecular weight excluding hydrogens is 375 g/mol. The van der Waals surface area contributed by atoms with Gasteiger partial charge in [0.05, 0.1) is 17.6 Å². The van der Waals surface area contributed by atoms with Crippen LogP contribution in [0.5, 0.6) is 5.75 Å². The van der Waals surface area contributed by atoms with Crippen LogP contribution in [0.3, 0.4) is 0 Å². The maximum absolute atomic E-state index is 12.4. The summed E-state index contributed by atoms with van der Waals surface area (Å²) in [5, 5.41) is 0. The Balaban J connectivity index is 2.19. The molecule has 0 aliphatic carbocycles. The van der Waals surface area contributed by atoms with Crippen LogP contribution in [0.4, 0.5) is 13.2 Å². The molecule has 0 saturated carbocycles. The number of esters is 1. The maximum Gasteiger partial charge on any atom is 0.573 e. The third kappa shape index (κ3) is 5.20. The van der Waals surface area contributed by atoms with E-state index in [9.17, 15) is 26.4 Å². The van der Waals surface area contributed by atoms with Gasteiger partial charge in [0.25, 0.3) is 0 Å². The predicted octanol–water partition coefficient (Wildman–Crippen LogP) is 2.85. The van der Waals surface area contributed by atoms with Crippen LogP contribution in [0.1, 0.15) is 15.9 Å². The second kappa shape index (κ2) is 7.75. The third-order valence-electron chi connectivity index (χ3n) is 3.18. The van der Waals surface area contributed by atoms with Gasteiger partial charge in [0.1, 0.15) is 5.75 Å². The standard InChI is InChI=1S/C16H14F3NO5S/c1-24-15(21)13-7-2-3-8-14(13)26(22,23)20-10-11-5-4-6-12(9-11)25-16(17,18)19/h2-9,20H,10H2,1H3. The summed E-state index contributed by atoms with van der Waals surface area (Å²) in [7, 11) is -2.99. The van der Waals surface area contributed by atoms with Crippen LogP contribution in [0.15, 0.2) is 53.4 Å². The van der Waals surface area contributed by atoms with Gasteiger partial charge >= 0.3 is 12.3 Å². The molecule has 2 aromatic carbocycles. The summed E-state index contributed by atoms with van der Waals surface area (Å²) < 4.78 is 72.2. The molecule has 0 unspecified atom stereocenters. The van der Waals surface area contributed by atoms with E-state index < -0.39 is 28.1 Å². The Kier molecular flexibility index (Phi) is 5.88. The number of alkyl halides is 3. The lowest BCUT2D eigenvalue weighted by molar-refractivity contribution is -0.274. The number of methoxy groups -OCH3 is 1. The van der Waals surface area contributed by atoms with Crippen molar-refractivity contribution < 1.29 is 35.9 Å². The molecule has 6 nitrogen and oxygen atoms in total. The molecule has 26 heavy (non-hydrogen) atoms. The zero-order valence-corrected chi connectivity index (χ0v) is 14.2. The molecule has 2 rings (SSSR count). The summed E-state index contributed by atoms with van der Waals surface area (Å²) in [5.74, 6) is -1.30. The molecule has 0 aliphatic heterocycles. The summed E-state index contributed by atoms with van der Waals surface area (Å²) in [5.41, 5.74) is 0.0857. The van der Waals surface area contributed by atoms with Crippen molar-refractivity contribution in [1.29, 1.82) is 0 Å². The molecule has 0 aromatic heterocycles. The molecule has 0 fully saturated rings. The number of sulfonamides is 1. The number of hydrogen-bond donors (Lipinski definition) is 1. The fourth-order valence-electron chi connectivity index (χ4n) is 2.09. The fraction of sp³-hybridized carbons (Fsp3) is 0.188. The highest BCUT2D eigenvalue weighted by molar-refractivity contribution is 7.89. The van der Waals surface area contributed by atoms with Crippen molar-refractivity contribution in [3.8, 4) is 5.75 Å². The van der Waals surface area contributed by atoms with E-state index in [1.807, 2.05) is 0 Å². The summed E-state index contributed by atoms with van der Waals surface area (Å²) >= 11 is 0. The Morgan fingerprint density at radius 1 is 1.12 bits per heavy atom. The maximum atomic E-state index is 12.4. The lowest BCUT2D eigenvalue weighted by Gasteiger charge is -2.12. The number of benzene rings is 2. The Morgan fingerprint density at radius 3 is 2.46 bits per heavy atom. The highest BCUT2D eigenvalue weighted by Gasteiger charge is 2.31. The van der Waals surface area contributed by atoms with E-state index in [1.54, 1.807) is 0 Å². The third-order valence-corrected chi connectivity index (χ3v) is 4.64. The van der Waals surface area contributed by atoms with Crippen molar-refractivity contribution >= 4 is 16.0 Å². The number of rotatable bonds is 6. The first-order chi connectivity index (χ1) is 12.1. The van der Waals surface area contributed by atoms with Crippen molar-refractivity contribution in [1.82, 2.24) is 4.72 Å². The number of halogens is 3. The Hall–Kier alpha value is -2.59. The van der Waals surface area contributed by atoms with Crippen molar-refractivity contribution in [3.63, 3.8) is 0 Å². The molecule has 0 atom stereocenters. The summed E-state index contributed by atoms with van der Waals surface area (Å²) in [6.07, 6.45) is -4.85. The van der Waals surface area contributed by atoms with Crippen molar-refractivity contribution in [3.05, 3.63) is 59.7 Å². The fourth-order valence-corrected chi connectivity index (χ4v) is 3.30. The number of carbonyl (C=O) groups excluding carboxylic acids is 1. The SMILES string of the molecule is COC(=O)c1ccccc1S(=O)(=O)NCc1cccc(OC(F)(F)F)c1. The van der Waals surface area contributed by atoms with Gasteiger partial charge in [0.2, 0.25) is 10.0 Å². The Morgan fingerprint density at radius 2 is 1.81 bits per heavy atom. The van der Waals surface area contributed by atoms with Gasteiger partial charge in [-0.2, -0.15) is 0 Å². The second-order valence-corrected chi connectivity index (χ2v) is 6.74. The lowest BCUT2D eigenvalue weighted by Crippen LogP contribution is -2.25. The average Bonchev–Trinajstić information content (AvgIpc) is 2.58. The van der Waals surface area contributed by atoms with Gasteiger partial charge in [-0.3, -0.25) is 0 Å². The minimum atomic E-state index is -4.85. The number of nitrogens with one attached hydrogen (secondary N) is 1. The van der Waals surface area contributed by atoms with Crippen molar-refractivity contribution in [2.24, 2.45) is 0 Å². The highest BCUT2D eigenvalue weighted by Crippen LogP contribution is 2.23. The van der Waals surface area contributed by atoms with E-state index in [-0.39, 0.29) is 22.6 Å². The molecule has 0 aliphatic rings. The van der Waals surface area contributed by atoms with Gasteiger partial charge in [0, 0.05) is 6.54 Å². The first kappa shape index (κ1) is 19.7. The normalized spacial score (nSPS) is 11.8. The van der Waals surface area contributed by atoms with E-state index in [4.69, 9.17) is 0 Å². The average molecular weight is 389 g/mol. The highest BCUT2D eigenvalue weighted by atomic mass is 32.2. The predicted molar refractivity (Wildman–Crippen MR) is 84.9 cm³/mol. The smallest absolute Gasteiger partial charge is 0.465 e. The molecule has 2 aromatic rings. The molecule has 140 valence electrons. The largest absolute Gasteiger partial charge is 0.573 e. The minimum absolute atomic E-state index is 0.156. The molecule has 1 N–H and O–H groups in total. The molecule has 0 saturated heterocycles. The molecule has 0 radical (unpaired) electrons. The van der Waals surface area contributed by atoms with Crippen LogP contribution in [0.25, 0.3) is 0 Å². The zero-order chi connectivity index (χ0) is 19.4. The van der Waals surface area contributed by atoms with E-state index in [2.05, 4.69) is 14.2 Å². The van der Waals surface area contributed by atoms with Crippen molar-refractivity contribution in [2.75, 3.05) is 7.11 Å². The molecule has 0 heterocycles. The number of carbonyl (C=O) groups is 1. The van der Waals surface area contributed by atoms with Gasteiger partial charge in [-0.05, 0) is 29.8 Å². The molecule has 0 spiro atoms. The topological polar surface area (TPSA) is 81.7 Å². The monoisotopic (exact) mass is 389 g/mol. The minimum Gasteiger partial charge on any atom is -0.465 e. The van der Waals surface area contributed by atoms with E-state index in [0.717, 1.165) is 19.2 Å². The molecule has 0 bridgehead atoms. The van der Waals surface area contributed by atoms with Crippen LogP contribution in [-0.2, 0) is 21.3 Å². The zero-order valence-electron chi connectivity index (χ0n) is 13.4. The van der Waals surface area contributed by atoms with E-state index >= 15 is 0 Å². The summed E-state index contributed by atoms with van der Waals surface area (Å²) in [4.78, 5) is 11.4. The first-order valence-corrected chi connectivity index (χ1v) is 8.62. The van der Waals surface area contributed by atoms with Gasteiger partial charge in [-0.1, -0.05) is 24.3 Å². The van der Waals surface area contributed by atoms with Crippen LogP contribution in [-0.4, -0.2) is 27.9 Å². The van der Waals surface area contributed by atoms with E-state index in [0.29, 0.717) is 0 Å². The summed E-state index contributed by atoms with van der Waals surface area (Å²) in [6, 6.07) is 10.3. The Bertz CT molecular complexity index is 897. The Labute approximate surface area is 147 Å². The first-order valence-electron chi connectivity index (χ1n) is 7.14. The van der Waals surface area contributed by atoms with Gasteiger partial charge < -0.3 is 9.47 Å². The van der Waals surface area contributed by atoms with Gasteiger partial charge in [-0.15, -0.1) is 13.2 Å². The van der Waals surface area contributed by atoms with Crippen molar-refractivity contribution in [2.45, 2.75) is 17.8 Å². The number of hydrogen-bond acceptors (Lipinski definition) is 5. The van der Waals surface area contributed by atoms with Crippen LogP contribution < -0.4 is 9.46 Å². The van der Waals surface area contributed by atoms with Crippen LogP contribution in [0.2, 0.25) is 0 Å². The molecule has 10 heteroatoms. The molecular formula is C16H14F3NO5S. The quantitative estimate of drug-likeness (QED) is 0.769. The molecule has 0 amide bonds. The second-order valence-electron chi connectivity index (χ2n) is 5.01. The van der Waals surface area contributed by atoms with Gasteiger partial charge in [-0.25, -0.2) is 17.9 Å².